The first-order valence-electron chi connectivity index (χ1n) is 7.74. The summed E-state index contributed by atoms with van der Waals surface area (Å²) in [5.41, 5.74) is 1.71. The molecule has 0 N–H and O–H groups in total. The van der Waals surface area contributed by atoms with E-state index in [0.29, 0.717) is 30.2 Å². The van der Waals surface area contributed by atoms with Crippen molar-refractivity contribution in [1.29, 1.82) is 0 Å². The third-order valence-electron chi connectivity index (χ3n) is 3.33. The molecule has 0 aliphatic carbocycles. The highest BCUT2D eigenvalue weighted by Crippen LogP contribution is 2.47. The topological polar surface area (TPSA) is 44.8 Å². The van der Waals surface area contributed by atoms with Gasteiger partial charge in [-0.3, -0.25) is 0 Å². The summed E-state index contributed by atoms with van der Waals surface area (Å²) in [7, 11) is -2.08. The van der Waals surface area contributed by atoms with Gasteiger partial charge in [-0.05, 0) is 56.9 Å². The van der Waals surface area contributed by atoms with Crippen molar-refractivity contribution >= 4 is 25.2 Å². The van der Waals surface area contributed by atoms with E-state index in [1.54, 1.807) is 26.0 Å². The molecule has 0 bridgehead atoms. The second-order valence-corrected chi connectivity index (χ2v) is 6.62. The minimum atomic E-state index is -2.08. The van der Waals surface area contributed by atoms with Gasteiger partial charge < -0.3 is 9.47 Å². The first-order valence-corrected chi connectivity index (χ1v) is 9.30. The molecule has 0 saturated carbocycles. The fourth-order valence-electron chi connectivity index (χ4n) is 2.39. The van der Waals surface area contributed by atoms with E-state index in [4.69, 9.17) is 25.6 Å². The lowest BCUT2D eigenvalue weighted by Gasteiger charge is -2.27. The smallest absolute Gasteiger partial charge is 0.343 e. The Bertz CT molecular complexity index is 548. The fourth-order valence-corrected chi connectivity index (χ4v) is 3.74. The molecule has 0 aliphatic heterocycles. The average molecular weight is 360 g/mol. The van der Waals surface area contributed by atoms with Crippen molar-refractivity contribution < 1.29 is 18.6 Å². The van der Waals surface area contributed by atoms with E-state index in [2.05, 4.69) is 0 Å². The molecule has 0 aliphatic rings. The van der Waals surface area contributed by atoms with Gasteiger partial charge in [-0.15, -0.1) is 4.52 Å². The highest BCUT2D eigenvalue weighted by molar-refractivity contribution is 7.44. The molecular weight excluding hydrogens is 335 g/mol. The summed E-state index contributed by atoms with van der Waals surface area (Å²) in [6.45, 7) is 10.4. The zero-order chi connectivity index (χ0) is 17.5. The van der Waals surface area contributed by atoms with E-state index in [1.165, 1.54) is 0 Å². The molecule has 1 aromatic rings. The minimum Gasteiger partial charge on any atom is -0.343 e. The molecular formula is C17H25ClO4P+. The van der Waals surface area contributed by atoms with Crippen LogP contribution in [0.3, 0.4) is 0 Å². The van der Waals surface area contributed by atoms with Crippen molar-refractivity contribution in [1.82, 2.24) is 0 Å². The first-order chi connectivity index (χ1) is 10.9. The van der Waals surface area contributed by atoms with Crippen LogP contribution >= 0.6 is 19.6 Å². The summed E-state index contributed by atoms with van der Waals surface area (Å²) in [6, 6.07) is 7.35. The van der Waals surface area contributed by atoms with Crippen molar-refractivity contribution in [3.63, 3.8) is 0 Å². The number of benzene rings is 1. The summed E-state index contributed by atoms with van der Waals surface area (Å²) in [6.07, 6.45) is 0. The van der Waals surface area contributed by atoms with E-state index in [1.807, 2.05) is 32.9 Å². The summed E-state index contributed by atoms with van der Waals surface area (Å²) in [4.78, 5) is 0. The molecule has 0 amide bonds. The van der Waals surface area contributed by atoms with Crippen molar-refractivity contribution in [2.45, 2.75) is 40.4 Å². The predicted molar refractivity (Wildman–Crippen MR) is 94.9 cm³/mol. The van der Waals surface area contributed by atoms with Gasteiger partial charge in [0.1, 0.15) is 6.61 Å². The molecule has 1 unspecified atom stereocenters. The first kappa shape index (κ1) is 20.3. The van der Waals surface area contributed by atoms with Crippen LogP contribution in [0, 0.1) is 0 Å². The van der Waals surface area contributed by atoms with Gasteiger partial charge in [-0.2, -0.15) is 0 Å². The summed E-state index contributed by atoms with van der Waals surface area (Å²) in [5, 5.41) is 1.16. The van der Waals surface area contributed by atoms with Crippen LogP contribution < -0.4 is 0 Å². The molecule has 4 nitrogen and oxygen atoms in total. The van der Waals surface area contributed by atoms with Crippen molar-refractivity contribution in [2.75, 3.05) is 19.8 Å². The third-order valence-corrected chi connectivity index (χ3v) is 5.18. The van der Waals surface area contributed by atoms with Crippen LogP contribution in [0.15, 0.2) is 29.6 Å². The Morgan fingerprint density at radius 3 is 2.04 bits per heavy atom. The largest absolute Gasteiger partial charge is 0.550 e. The Hall–Kier alpha value is -0.770. The van der Waals surface area contributed by atoms with Gasteiger partial charge in [-0.1, -0.05) is 23.7 Å². The van der Waals surface area contributed by atoms with Crippen molar-refractivity contribution in [3.05, 3.63) is 40.2 Å². The lowest BCUT2D eigenvalue weighted by Crippen LogP contribution is -2.34. The van der Waals surface area contributed by atoms with Crippen molar-refractivity contribution in [2.24, 2.45) is 0 Å². The Balaban J connectivity index is 3.45. The van der Waals surface area contributed by atoms with Crippen LogP contribution in [0.1, 0.15) is 40.2 Å². The van der Waals surface area contributed by atoms with E-state index < -0.39 is 13.8 Å². The lowest BCUT2D eigenvalue weighted by atomic mass is 10.0. The summed E-state index contributed by atoms with van der Waals surface area (Å²) < 4.78 is 29.7. The number of hydrogen-bond donors (Lipinski definition) is 0. The average Bonchev–Trinajstić information content (AvgIpc) is 2.48. The van der Waals surface area contributed by atoms with Crippen LogP contribution in [0.5, 0.6) is 0 Å². The number of ether oxygens (including phenoxy) is 2. The molecule has 0 fully saturated rings. The molecule has 0 saturated heterocycles. The Kier molecular flexibility index (Phi) is 8.38. The normalized spacial score (nSPS) is 13.7. The van der Waals surface area contributed by atoms with E-state index in [-0.39, 0.29) is 0 Å². The SMILES string of the molecule is CCO[P+](=O)C(=C(C)c1ccc(Cl)cc1)C(C)(OCC)OCC. The van der Waals surface area contributed by atoms with Crippen LogP contribution in [0.4, 0.5) is 0 Å². The third kappa shape index (κ3) is 5.37. The van der Waals surface area contributed by atoms with Crippen LogP contribution in [-0.2, 0) is 18.6 Å². The minimum absolute atomic E-state index is 0.348. The maximum absolute atomic E-state index is 12.7. The zero-order valence-corrected chi connectivity index (χ0v) is 16.0. The molecule has 23 heavy (non-hydrogen) atoms. The Morgan fingerprint density at radius 2 is 1.61 bits per heavy atom. The highest BCUT2D eigenvalue weighted by Gasteiger charge is 2.47. The second kappa shape index (κ2) is 9.51. The number of allylic oxidation sites excluding steroid dienone is 1. The van der Waals surface area contributed by atoms with Crippen molar-refractivity contribution in [3.8, 4) is 0 Å². The fraction of sp³-hybridized carbons (Fsp3) is 0.529. The Morgan fingerprint density at radius 1 is 1.09 bits per heavy atom. The number of halogens is 1. The predicted octanol–water partition coefficient (Wildman–Crippen LogP) is 5.64. The Labute approximate surface area is 144 Å². The standard InChI is InChI=1S/C17H25ClO4P/c1-6-20-17(5,21-7-2)16(23(19)22-8-3)13(4)14-9-11-15(18)12-10-14/h9-12H,6-8H2,1-5H3/q+1. The molecule has 0 radical (unpaired) electrons. The van der Waals surface area contributed by atoms with Gasteiger partial charge in [0, 0.05) is 23.8 Å². The monoisotopic (exact) mass is 359 g/mol. The highest BCUT2D eigenvalue weighted by atomic mass is 35.5. The maximum atomic E-state index is 12.7. The van der Waals surface area contributed by atoms with Gasteiger partial charge >= 0.3 is 8.03 Å². The summed E-state index contributed by atoms with van der Waals surface area (Å²) in [5.74, 6) is -1.10. The molecule has 6 heteroatoms. The molecule has 0 aromatic heterocycles. The van der Waals surface area contributed by atoms with Gasteiger partial charge in [0.05, 0.1) is 0 Å². The van der Waals surface area contributed by atoms with Crippen LogP contribution in [0.25, 0.3) is 5.57 Å². The van der Waals surface area contributed by atoms with Gasteiger partial charge in [0.25, 0.3) is 5.31 Å². The van der Waals surface area contributed by atoms with Gasteiger partial charge in [0.15, 0.2) is 0 Å². The second-order valence-electron chi connectivity index (χ2n) is 4.97. The molecule has 1 rings (SSSR count). The van der Waals surface area contributed by atoms with Crippen LogP contribution in [-0.4, -0.2) is 25.6 Å². The molecule has 0 spiro atoms. The molecule has 128 valence electrons. The lowest BCUT2D eigenvalue weighted by molar-refractivity contribution is -0.189. The van der Waals surface area contributed by atoms with Gasteiger partial charge in [-0.25, -0.2) is 0 Å². The molecule has 0 heterocycles. The van der Waals surface area contributed by atoms with Crippen LogP contribution in [0.2, 0.25) is 5.02 Å². The van der Waals surface area contributed by atoms with Gasteiger partial charge in [0.2, 0.25) is 5.79 Å². The number of rotatable bonds is 9. The zero-order valence-electron chi connectivity index (χ0n) is 14.4. The quantitative estimate of drug-likeness (QED) is 0.423. The molecule has 1 atom stereocenters. The van der Waals surface area contributed by atoms with E-state index in [0.717, 1.165) is 11.1 Å². The summed E-state index contributed by atoms with van der Waals surface area (Å²) >= 11 is 5.95. The van der Waals surface area contributed by atoms with E-state index >= 15 is 0 Å². The number of hydrogen-bond acceptors (Lipinski definition) is 4. The molecule has 1 aromatic carbocycles. The maximum Gasteiger partial charge on any atom is 0.550 e. The van der Waals surface area contributed by atoms with E-state index in [9.17, 15) is 4.57 Å².